The highest BCUT2D eigenvalue weighted by atomic mass is 32.2. The fourth-order valence-corrected chi connectivity index (χ4v) is 3.32. The Morgan fingerprint density at radius 1 is 1.03 bits per heavy atom. The molecule has 0 spiro atoms. The summed E-state index contributed by atoms with van der Waals surface area (Å²) in [6, 6.07) is 11.7. The highest BCUT2D eigenvalue weighted by molar-refractivity contribution is 7.98. The fourth-order valence-electron chi connectivity index (χ4n) is 2.59. The summed E-state index contributed by atoms with van der Waals surface area (Å²) < 4.78 is 15.7. The highest BCUT2D eigenvalue weighted by Gasteiger charge is 2.13. The number of hydrazine groups is 1. The van der Waals surface area contributed by atoms with Gasteiger partial charge in [-0.3, -0.25) is 20.4 Å². The topological polar surface area (TPSA) is 116 Å². The number of nitrogens with zero attached hydrogens (tertiary/aromatic N) is 2. The highest BCUT2D eigenvalue weighted by Crippen LogP contribution is 2.28. The minimum Gasteiger partial charge on any atom is -0.493 e. The van der Waals surface area contributed by atoms with Crippen molar-refractivity contribution in [3.05, 3.63) is 65.3 Å². The zero-order valence-corrected chi connectivity index (χ0v) is 18.1. The van der Waals surface area contributed by atoms with Gasteiger partial charge in [0.05, 0.1) is 19.5 Å². The third kappa shape index (κ3) is 5.98. The quantitative estimate of drug-likeness (QED) is 0.404. The van der Waals surface area contributed by atoms with E-state index in [9.17, 15) is 9.59 Å². The van der Waals surface area contributed by atoms with Gasteiger partial charge in [-0.15, -0.1) is 11.8 Å². The molecule has 162 valence electrons. The number of aromatic nitrogens is 2. The summed E-state index contributed by atoms with van der Waals surface area (Å²) >= 11 is 1.51. The summed E-state index contributed by atoms with van der Waals surface area (Å²) in [5, 5.41) is 3.74. The molecular formula is C21H22N4O5S. The number of ether oxygens (including phenoxy) is 2. The number of nitrogens with one attached hydrogen (secondary N) is 2. The average Bonchev–Trinajstić information content (AvgIpc) is 3.21. The number of aryl methyl sites for hydroxylation is 1. The van der Waals surface area contributed by atoms with E-state index in [0.717, 1.165) is 4.90 Å². The lowest BCUT2D eigenvalue weighted by Gasteiger charge is -2.12. The van der Waals surface area contributed by atoms with Crippen LogP contribution in [0.1, 0.15) is 39.4 Å². The maximum absolute atomic E-state index is 12.3. The van der Waals surface area contributed by atoms with Crippen molar-refractivity contribution in [3.63, 3.8) is 0 Å². The second-order valence-corrected chi connectivity index (χ2v) is 7.30. The third-order valence-corrected chi connectivity index (χ3v) is 5.06. The van der Waals surface area contributed by atoms with Crippen LogP contribution in [0.2, 0.25) is 0 Å². The Morgan fingerprint density at radius 3 is 2.32 bits per heavy atom. The fraction of sp³-hybridized carbons (Fsp3) is 0.238. The Balaban J connectivity index is 1.53. The molecule has 10 heteroatoms. The van der Waals surface area contributed by atoms with E-state index in [1.54, 1.807) is 37.3 Å². The maximum Gasteiger partial charge on any atom is 0.269 e. The van der Waals surface area contributed by atoms with Crippen LogP contribution in [0.15, 0.2) is 51.9 Å². The minimum atomic E-state index is -0.475. The zero-order chi connectivity index (χ0) is 22.2. The molecule has 3 aromatic rings. The largest absolute Gasteiger partial charge is 0.493 e. The molecule has 2 N–H and O–H groups in total. The Morgan fingerprint density at radius 2 is 1.71 bits per heavy atom. The van der Waals surface area contributed by atoms with E-state index in [0.29, 0.717) is 46.7 Å². The van der Waals surface area contributed by atoms with Crippen LogP contribution in [-0.4, -0.2) is 35.7 Å². The van der Waals surface area contributed by atoms with Crippen molar-refractivity contribution in [2.45, 2.75) is 24.5 Å². The molecule has 0 radical (unpaired) electrons. The smallest absolute Gasteiger partial charge is 0.269 e. The van der Waals surface area contributed by atoms with Crippen LogP contribution >= 0.6 is 11.8 Å². The molecule has 3 rings (SSSR count). The monoisotopic (exact) mass is 442 g/mol. The predicted molar refractivity (Wildman–Crippen MR) is 114 cm³/mol. The lowest BCUT2D eigenvalue weighted by Crippen LogP contribution is -2.41. The Kier molecular flexibility index (Phi) is 7.50. The first kappa shape index (κ1) is 22.2. The summed E-state index contributed by atoms with van der Waals surface area (Å²) in [6.07, 6.45) is 0. The van der Waals surface area contributed by atoms with Crippen molar-refractivity contribution in [2.24, 2.45) is 0 Å². The molecule has 0 fully saturated rings. The number of methoxy groups -OCH3 is 1. The van der Waals surface area contributed by atoms with Gasteiger partial charge >= 0.3 is 0 Å². The molecule has 0 bridgehead atoms. The van der Waals surface area contributed by atoms with E-state index in [-0.39, 0.29) is 0 Å². The van der Waals surface area contributed by atoms with Gasteiger partial charge in [-0.1, -0.05) is 5.16 Å². The van der Waals surface area contributed by atoms with Crippen molar-refractivity contribution < 1.29 is 23.6 Å². The van der Waals surface area contributed by atoms with Gasteiger partial charge in [0.1, 0.15) is 0 Å². The Labute approximate surface area is 183 Å². The minimum absolute atomic E-state index is 0.323. The number of carbonyl (C=O) groups excluding carboxylic acids is 2. The molecule has 1 heterocycles. The van der Waals surface area contributed by atoms with Crippen LogP contribution in [0, 0.1) is 6.92 Å². The number of benzene rings is 2. The van der Waals surface area contributed by atoms with Gasteiger partial charge in [-0.2, -0.15) is 4.98 Å². The predicted octanol–water partition coefficient (Wildman–Crippen LogP) is 3.15. The molecule has 0 aliphatic rings. The average molecular weight is 442 g/mol. The van der Waals surface area contributed by atoms with Crippen LogP contribution in [-0.2, 0) is 5.75 Å². The maximum atomic E-state index is 12.3. The van der Waals surface area contributed by atoms with Gasteiger partial charge < -0.3 is 14.0 Å². The second kappa shape index (κ2) is 10.5. The first-order valence-corrected chi connectivity index (χ1v) is 10.4. The normalized spacial score (nSPS) is 10.4. The molecule has 0 saturated carbocycles. The lowest BCUT2D eigenvalue weighted by molar-refractivity contribution is 0.0846. The molecule has 2 amide bonds. The van der Waals surface area contributed by atoms with Gasteiger partial charge in [-0.25, -0.2) is 0 Å². The van der Waals surface area contributed by atoms with E-state index in [4.69, 9.17) is 14.0 Å². The molecule has 2 aromatic carbocycles. The van der Waals surface area contributed by atoms with Crippen molar-refractivity contribution in [3.8, 4) is 11.5 Å². The van der Waals surface area contributed by atoms with E-state index in [1.807, 2.05) is 19.1 Å². The van der Waals surface area contributed by atoms with Crippen molar-refractivity contribution in [1.29, 1.82) is 0 Å². The molecule has 9 nitrogen and oxygen atoms in total. The molecule has 0 aliphatic carbocycles. The van der Waals surface area contributed by atoms with Gasteiger partial charge in [0.2, 0.25) is 5.89 Å². The van der Waals surface area contributed by atoms with Gasteiger partial charge in [0, 0.05) is 16.0 Å². The van der Waals surface area contributed by atoms with Crippen LogP contribution in [0.5, 0.6) is 11.5 Å². The van der Waals surface area contributed by atoms with Crippen LogP contribution < -0.4 is 20.3 Å². The summed E-state index contributed by atoms with van der Waals surface area (Å²) in [5.41, 5.74) is 5.53. The second-order valence-electron chi connectivity index (χ2n) is 6.26. The van der Waals surface area contributed by atoms with Crippen LogP contribution in [0.3, 0.4) is 0 Å². The van der Waals surface area contributed by atoms with Crippen LogP contribution in [0.4, 0.5) is 0 Å². The third-order valence-electron chi connectivity index (χ3n) is 4.06. The van der Waals surface area contributed by atoms with E-state index in [2.05, 4.69) is 21.0 Å². The standard InChI is InChI=1S/C21H22N4O5S/c1-4-29-17-10-7-15(11-18(17)28-3)21(27)24-23-20(26)14-5-8-16(9-6-14)31-12-19-22-13(2)25-30-19/h5-11H,4,12H2,1-3H3,(H,23,26)(H,24,27). The summed E-state index contributed by atoms with van der Waals surface area (Å²) in [5.74, 6) is 1.73. The van der Waals surface area contributed by atoms with Gasteiger partial charge in [0.15, 0.2) is 17.3 Å². The van der Waals surface area contributed by atoms with Gasteiger partial charge in [-0.05, 0) is 56.3 Å². The molecular weight excluding hydrogens is 420 g/mol. The van der Waals surface area contributed by atoms with Crippen molar-refractivity contribution >= 4 is 23.6 Å². The zero-order valence-electron chi connectivity index (χ0n) is 17.3. The van der Waals surface area contributed by atoms with E-state index < -0.39 is 11.8 Å². The number of hydrogen-bond acceptors (Lipinski definition) is 8. The molecule has 1 aromatic heterocycles. The number of hydrogen-bond donors (Lipinski definition) is 2. The van der Waals surface area contributed by atoms with E-state index in [1.165, 1.54) is 18.9 Å². The number of amides is 2. The van der Waals surface area contributed by atoms with Gasteiger partial charge in [0.25, 0.3) is 11.8 Å². The van der Waals surface area contributed by atoms with Crippen LogP contribution in [0.25, 0.3) is 0 Å². The number of rotatable bonds is 8. The van der Waals surface area contributed by atoms with Crippen molar-refractivity contribution in [2.75, 3.05) is 13.7 Å². The molecule has 0 unspecified atom stereocenters. The molecule has 31 heavy (non-hydrogen) atoms. The Hall–Kier alpha value is -3.53. The first-order valence-electron chi connectivity index (χ1n) is 9.43. The lowest BCUT2D eigenvalue weighted by atomic mass is 10.2. The summed E-state index contributed by atoms with van der Waals surface area (Å²) in [6.45, 7) is 4.09. The SMILES string of the molecule is CCOc1ccc(C(=O)NNC(=O)c2ccc(SCc3nc(C)no3)cc2)cc1OC. The molecule has 0 atom stereocenters. The van der Waals surface area contributed by atoms with E-state index >= 15 is 0 Å². The Bertz CT molecular complexity index is 1050. The summed E-state index contributed by atoms with van der Waals surface area (Å²) in [4.78, 5) is 29.8. The number of carbonyl (C=O) groups is 2. The molecule has 0 saturated heterocycles. The molecule has 0 aliphatic heterocycles. The first-order chi connectivity index (χ1) is 15.0. The number of thioether (sulfide) groups is 1. The summed E-state index contributed by atoms with van der Waals surface area (Å²) in [7, 11) is 1.49. The van der Waals surface area contributed by atoms with Crippen molar-refractivity contribution in [1.82, 2.24) is 21.0 Å².